The fourth-order valence-corrected chi connectivity index (χ4v) is 0. The average Bonchev–Trinajstić information content (AvgIpc) is 0.722. The molecule has 0 atom stereocenters. The van der Waals surface area contributed by atoms with Gasteiger partial charge < -0.3 is 14.7 Å². The summed E-state index contributed by atoms with van der Waals surface area (Å²) >= 11 is 0. The molecule has 0 aliphatic heterocycles. The van der Waals surface area contributed by atoms with Gasteiger partial charge in [-0.1, -0.05) is 0 Å². The molecule has 9 heavy (non-hydrogen) atoms. The van der Waals surface area contributed by atoms with Crippen LogP contribution in [0.25, 0.3) is 0 Å². The Bertz CT molecular complexity index is 66.7. The van der Waals surface area contributed by atoms with Crippen LogP contribution in [0.3, 0.4) is 0 Å². The molecule has 9 heteroatoms. The summed E-state index contributed by atoms with van der Waals surface area (Å²) in [5, 5.41) is 0. The zero-order valence-electron chi connectivity index (χ0n) is 3.38. The second-order valence-electron chi connectivity index (χ2n) is 0.513. The largest absolute Gasteiger partial charge is 0 e. The Morgan fingerprint density at radius 1 is 1.11 bits per heavy atom. The van der Waals surface area contributed by atoms with Crippen LogP contribution in [0.1, 0.15) is 0 Å². The molecule has 0 saturated carbocycles. The number of hydrogen-bond acceptors (Lipinski definition) is 1. The fraction of sp³-hybridized carbons (Fsp3) is 0. The molecule has 3 N–H and O–H groups in total. The van der Waals surface area contributed by atoms with Crippen LogP contribution >= 0.6 is 7.82 Å². The summed E-state index contributed by atoms with van der Waals surface area (Å²) in [6.07, 6.45) is 0. The first-order chi connectivity index (χ1) is 2.00. The predicted molar refractivity (Wildman–Crippen MR) is 21.4 cm³/mol. The molecule has 0 aromatic rings. The third-order valence-electron chi connectivity index (χ3n) is 0. The summed E-state index contributed by atoms with van der Waals surface area (Å²) in [6, 6.07) is 0. The Hall–Kier alpha value is 2.73. The van der Waals surface area contributed by atoms with E-state index in [-0.39, 0.29) is 82.3 Å². The summed E-state index contributed by atoms with van der Waals surface area (Å²) in [5.41, 5.74) is 0. The van der Waals surface area contributed by atoms with Gasteiger partial charge in [0.05, 0.1) is 0 Å². The van der Waals surface area contributed by atoms with E-state index >= 15 is 0 Å². The maximum absolute atomic E-state index is 8.88. The Kier molecular flexibility index (Phi) is 44.2. The van der Waals surface area contributed by atoms with Gasteiger partial charge in [0, 0.05) is 52.7 Å². The van der Waals surface area contributed by atoms with E-state index in [0.29, 0.717) is 0 Å². The standard InChI is InChI=1S/Fe.Mn.Na.H3O4P.V.H/c;;;1-5(2,3)4;;/h;;;(H3,1,2,3,4);;. The minimum Gasteiger partial charge on any atom is 0 e. The van der Waals surface area contributed by atoms with Crippen LogP contribution in [0.15, 0.2) is 0 Å². The Morgan fingerprint density at radius 2 is 1.11 bits per heavy atom. The molecule has 0 bridgehead atoms. The number of hydrogen-bond donors (Lipinski definition) is 3. The van der Waals surface area contributed by atoms with Gasteiger partial charge in [-0.2, -0.15) is 0 Å². The smallest absolute Gasteiger partial charge is 0 e. The van der Waals surface area contributed by atoms with Gasteiger partial charge in [0.15, 0.2) is 0 Å². The molecule has 0 amide bonds. The van der Waals surface area contributed by atoms with Crippen LogP contribution in [0, 0.1) is 0 Å². The van der Waals surface area contributed by atoms with Gasteiger partial charge in [-0.25, -0.2) is 4.57 Å². The van der Waals surface area contributed by atoms with Gasteiger partial charge in [-0.15, -0.1) is 0 Å². The minimum absolute atomic E-state index is 0. The first-order valence-corrected chi connectivity index (χ1v) is 2.35. The third kappa shape index (κ3) is 110. The first-order valence-electron chi connectivity index (χ1n) is 0.783. The normalized spacial score (nSPS) is 6.56. The van der Waals surface area contributed by atoms with Crippen LogP contribution in [0.5, 0.6) is 0 Å². The van der Waals surface area contributed by atoms with E-state index in [0.717, 1.165) is 0 Å². The molecule has 0 aliphatic rings. The molecule has 4 nitrogen and oxygen atoms in total. The van der Waals surface area contributed by atoms with E-state index in [1.807, 2.05) is 0 Å². The monoisotopic (exact) mass is 284 g/mol. The Labute approximate surface area is 108 Å². The summed E-state index contributed by atoms with van der Waals surface area (Å²) in [4.78, 5) is 21.6. The number of phosphoric acid groups is 1. The zero-order valence-corrected chi connectivity index (χ0v) is 7.95. The van der Waals surface area contributed by atoms with Crippen molar-refractivity contribution in [2.75, 3.05) is 0 Å². The van der Waals surface area contributed by atoms with Gasteiger partial charge in [-0.3, -0.25) is 0 Å². The Morgan fingerprint density at radius 3 is 1.11 bits per heavy atom. The van der Waals surface area contributed by atoms with Crippen LogP contribution in [0.4, 0.5) is 0 Å². The van der Waals surface area contributed by atoms with E-state index in [4.69, 9.17) is 19.2 Å². The van der Waals surface area contributed by atoms with Gasteiger partial charge in [0.2, 0.25) is 0 Å². The summed E-state index contributed by atoms with van der Waals surface area (Å²) in [6.45, 7) is 0. The van der Waals surface area contributed by atoms with Crippen molar-refractivity contribution in [1.29, 1.82) is 0 Å². The summed E-state index contributed by atoms with van der Waals surface area (Å²) in [7, 11) is -4.64. The van der Waals surface area contributed by atoms with Crippen molar-refractivity contribution in [1.82, 2.24) is 0 Å². The topological polar surface area (TPSA) is 77.8 Å². The second kappa shape index (κ2) is 13.3. The molecular weight excluding hydrogens is 280 g/mol. The van der Waals surface area contributed by atoms with E-state index in [1.165, 1.54) is 0 Å². The van der Waals surface area contributed by atoms with Crippen molar-refractivity contribution < 1.29 is 71.9 Å². The molecule has 0 aliphatic carbocycles. The van der Waals surface area contributed by atoms with E-state index in [1.54, 1.807) is 0 Å². The maximum Gasteiger partial charge on any atom is 0 e. The quantitative estimate of drug-likeness (QED) is 0.370. The van der Waals surface area contributed by atoms with Crippen molar-refractivity contribution >= 4 is 37.4 Å². The van der Waals surface area contributed by atoms with E-state index in [9.17, 15) is 0 Å². The molecule has 2 radical (unpaired) electrons. The van der Waals surface area contributed by atoms with Crippen LogP contribution in [-0.4, -0.2) is 44.2 Å². The molecule has 54 valence electrons. The summed E-state index contributed by atoms with van der Waals surface area (Å²) in [5.74, 6) is 0. The fourth-order valence-electron chi connectivity index (χ4n) is 0. The van der Waals surface area contributed by atoms with Crippen molar-refractivity contribution in [2.45, 2.75) is 0 Å². The molecule has 0 rings (SSSR count). The van der Waals surface area contributed by atoms with Crippen LogP contribution in [0.2, 0.25) is 0 Å². The molecule has 0 unspecified atom stereocenters. The van der Waals surface area contributed by atoms with Gasteiger partial charge in [0.25, 0.3) is 0 Å². The molecule has 0 aromatic carbocycles. The predicted octanol–water partition coefficient (Wildman–Crippen LogP) is -1.58. The first kappa shape index (κ1) is 29.8. The van der Waals surface area contributed by atoms with Crippen molar-refractivity contribution in [3.05, 3.63) is 0 Å². The SMILES string of the molecule is O=P(O)(O)O.[Fe].[Mn].[NaH].[V]. The molecule has 0 heterocycles. The number of rotatable bonds is 0. The van der Waals surface area contributed by atoms with Gasteiger partial charge in [0.1, 0.15) is 0 Å². The second-order valence-corrected chi connectivity index (χ2v) is 1.54. The summed E-state index contributed by atoms with van der Waals surface area (Å²) < 4.78 is 8.88. The van der Waals surface area contributed by atoms with Crippen molar-refractivity contribution in [2.24, 2.45) is 0 Å². The van der Waals surface area contributed by atoms with E-state index < -0.39 is 7.82 Å². The molecule has 0 aromatic heterocycles. The molecular formula is H4FeMnNaO4PV. The molecule has 0 saturated heterocycles. The van der Waals surface area contributed by atoms with Crippen LogP contribution in [-0.2, 0) is 57.3 Å². The maximum atomic E-state index is 8.88. The van der Waals surface area contributed by atoms with Gasteiger partial charge >= 0.3 is 37.4 Å². The van der Waals surface area contributed by atoms with Gasteiger partial charge in [-0.05, 0) is 0 Å². The minimum atomic E-state index is -4.64. The van der Waals surface area contributed by atoms with Crippen molar-refractivity contribution in [3.8, 4) is 0 Å². The third-order valence-corrected chi connectivity index (χ3v) is 0. The average molecular weight is 284 g/mol. The Balaban J connectivity index is -0.0000000133. The molecule has 0 fully saturated rings. The van der Waals surface area contributed by atoms with Crippen LogP contribution < -0.4 is 0 Å². The van der Waals surface area contributed by atoms with E-state index in [2.05, 4.69) is 0 Å². The zero-order chi connectivity index (χ0) is 4.50. The van der Waals surface area contributed by atoms with Crippen molar-refractivity contribution in [3.63, 3.8) is 0 Å². The molecule has 0 spiro atoms.